The molecule has 0 heterocycles. The van der Waals surface area contributed by atoms with Gasteiger partial charge in [-0.25, -0.2) is 0 Å². The summed E-state index contributed by atoms with van der Waals surface area (Å²) in [4.78, 5) is 0. The highest BCUT2D eigenvalue weighted by atomic mass is 14.3. The van der Waals surface area contributed by atoms with Gasteiger partial charge in [0.2, 0.25) is 0 Å². The fraction of sp³-hybridized carbons (Fsp3) is 1.00. The first kappa shape index (κ1) is 12.1. The summed E-state index contributed by atoms with van der Waals surface area (Å²) in [5.41, 5.74) is 1.21. The highest BCUT2D eigenvalue weighted by molar-refractivity contribution is 4.75. The molecule has 0 aromatic carbocycles. The van der Waals surface area contributed by atoms with E-state index in [1.807, 2.05) is 0 Å². The van der Waals surface area contributed by atoms with Gasteiger partial charge < -0.3 is 0 Å². The predicted molar refractivity (Wildman–Crippen MR) is 64.5 cm³/mol. The van der Waals surface area contributed by atoms with Crippen LogP contribution in [0.5, 0.6) is 0 Å². The number of rotatable bonds is 0. The summed E-state index contributed by atoms with van der Waals surface area (Å²) in [7, 11) is 0. The molecule has 0 aromatic heterocycles. The normalized spacial score (nSPS) is 28.3. The van der Waals surface area contributed by atoms with Gasteiger partial charge in [-0.3, -0.25) is 0 Å². The van der Waals surface area contributed by atoms with Crippen molar-refractivity contribution in [1.29, 1.82) is 0 Å². The van der Waals surface area contributed by atoms with E-state index in [0.29, 0.717) is 10.8 Å². The zero-order chi connectivity index (χ0) is 10.7. The molecule has 0 spiro atoms. The van der Waals surface area contributed by atoms with Crippen LogP contribution in [0.4, 0.5) is 0 Å². The second kappa shape index (κ2) is 4.68. The van der Waals surface area contributed by atoms with Crippen LogP contribution in [0.3, 0.4) is 0 Å². The van der Waals surface area contributed by atoms with Gasteiger partial charge in [-0.05, 0) is 36.5 Å². The molecule has 1 aliphatic rings. The van der Waals surface area contributed by atoms with Gasteiger partial charge in [-0.2, -0.15) is 0 Å². The van der Waals surface area contributed by atoms with Crippen LogP contribution in [0.15, 0.2) is 0 Å². The largest absolute Gasteiger partial charge is 0.0599 e. The Kier molecular flexibility index (Phi) is 4.04. The lowest BCUT2D eigenvalue weighted by Gasteiger charge is -2.31. The Labute approximate surface area is 90.5 Å². The van der Waals surface area contributed by atoms with Crippen molar-refractivity contribution in [3.05, 3.63) is 0 Å². The fourth-order valence-electron chi connectivity index (χ4n) is 2.68. The molecule has 0 radical (unpaired) electrons. The zero-order valence-electron chi connectivity index (χ0n) is 10.7. The van der Waals surface area contributed by atoms with E-state index < -0.39 is 0 Å². The Morgan fingerprint density at radius 3 is 1.29 bits per heavy atom. The molecule has 0 aromatic rings. The molecule has 0 nitrogen and oxygen atoms in total. The molecular formula is C14H28. The monoisotopic (exact) mass is 196 g/mol. The zero-order valence-corrected chi connectivity index (χ0v) is 10.7. The standard InChI is InChI=1S/C14H28/c1-13(2)9-6-5-7-10-14(3,4)12-8-11-13/h5-12H2,1-4H3. The molecule has 0 aliphatic heterocycles. The van der Waals surface area contributed by atoms with Gasteiger partial charge in [-0.1, -0.05) is 53.4 Å². The summed E-state index contributed by atoms with van der Waals surface area (Å²) in [6.45, 7) is 9.78. The van der Waals surface area contributed by atoms with Gasteiger partial charge >= 0.3 is 0 Å². The van der Waals surface area contributed by atoms with Crippen molar-refractivity contribution < 1.29 is 0 Å². The Morgan fingerprint density at radius 1 is 0.500 bits per heavy atom. The molecule has 0 amide bonds. The summed E-state index contributed by atoms with van der Waals surface area (Å²) in [5.74, 6) is 0. The first-order valence-corrected chi connectivity index (χ1v) is 6.41. The summed E-state index contributed by atoms with van der Waals surface area (Å²) < 4.78 is 0. The Morgan fingerprint density at radius 2 is 0.857 bits per heavy atom. The van der Waals surface area contributed by atoms with Crippen LogP contribution in [0.2, 0.25) is 0 Å². The lowest BCUT2D eigenvalue weighted by molar-refractivity contribution is 0.218. The van der Waals surface area contributed by atoms with Gasteiger partial charge in [-0.15, -0.1) is 0 Å². The molecule has 0 bridgehead atoms. The van der Waals surface area contributed by atoms with Crippen LogP contribution in [0.25, 0.3) is 0 Å². The van der Waals surface area contributed by atoms with Crippen molar-refractivity contribution in [2.45, 2.75) is 79.1 Å². The summed E-state index contributed by atoms with van der Waals surface area (Å²) in [5, 5.41) is 0. The van der Waals surface area contributed by atoms with Crippen molar-refractivity contribution >= 4 is 0 Å². The molecule has 0 N–H and O–H groups in total. The van der Waals surface area contributed by atoms with E-state index in [1.165, 1.54) is 51.4 Å². The van der Waals surface area contributed by atoms with Gasteiger partial charge in [0.05, 0.1) is 0 Å². The highest BCUT2D eigenvalue weighted by Gasteiger charge is 2.22. The molecule has 1 fully saturated rings. The molecular weight excluding hydrogens is 168 g/mol. The topological polar surface area (TPSA) is 0 Å². The van der Waals surface area contributed by atoms with E-state index in [2.05, 4.69) is 27.7 Å². The summed E-state index contributed by atoms with van der Waals surface area (Å²) >= 11 is 0. The number of hydrogen-bond donors (Lipinski definition) is 0. The Bertz CT molecular complexity index is 147. The smallest absolute Gasteiger partial charge is 0.0354 e. The molecule has 14 heavy (non-hydrogen) atoms. The van der Waals surface area contributed by atoms with E-state index in [9.17, 15) is 0 Å². The van der Waals surface area contributed by atoms with Gasteiger partial charge in [0.1, 0.15) is 0 Å². The molecule has 0 unspecified atom stereocenters. The van der Waals surface area contributed by atoms with Crippen LogP contribution in [0.1, 0.15) is 79.1 Å². The maximum atomic E-state index is 2.45. The SMILES string of the molecule is CC1(C)CCCCCC(C)(C)CCC1. The minimum Gasteiger partial charge on any atom is -0.0599 e. The average molecular weight is 196 g/mol. The Balaban J connectivity index is 2.46. The molecule has 1 aliphatic carbocycles. The van der Waals surface area contributed by atoms with Crippen molar-refractivity contribution in [2.24, 2.45) is 10.8 Å². The second-order valence-electron chi connectivity index (χ2n) is 6.74. The molecule has 84 valence electrons. The maximum Gasteiger partial charge on any atom is -0.0354 e. The van der Waals surface area contributed by atoms with E-state index in [1.54, 1.807) is 0 Å². The lowest BCUT2D eigenvalue weighted by atomic mass is 9.75. The second-order valence-corrected chi connectivity index (χ2v) is 6.74. The molecule has 0 saturated heterocycles. The fourth-order valence-corrected chi connectivity index (χ4v) is 2.68. The third kappa shape index (κ3) is 4.48. The quantitative estimate of drug-likeness (QED) is 0.501. The van der Waals surface area contributed by atoms with E-state index in [-0.39, 0.29) is 0 Å². The van der Waals surface area contributed by atoms with Crippen molar-refractivity contribution in [3.8, 4) is 0 Å². The summed E-state index contributed by atoms with van der Waals surface area (Å²) in [6, 6.07) is 0. The minimum absolute atomic E-state index is 0.605. The van der Waals surface area contributed by atoms with Crippen LogP contribution in [-0.4, -0.2) is 0 Å². The predicted octanol–water partition coefficient (Wildman–Crippen LogP) is 5.17. The van der Waals surface area contributed by atoms with Gasteiger partial charge in [0.25, 0.3) is 0 Å². The van der Waals surface area contributed by atoms with Crippen LogP contribution >= 0.6 is 0 Å². The number of hydrogen-bond acceptors (Lipinski definition) is 0. The van der Waals surface area contributed by atoms with Crippen LogP contribution < -0.4 is 0 Å². The van der Waals surface area contributed by atoms with Crippen molar-refractivity contribution in [3.63, 3.8) is 0 Å². The molecule has 0 heteroatoms. The third-order valence-electron chi connectivity index (χ3n) is 3.91. The first-order chi connectivity index (χ1) is 6.41. The summed E-state index contributed by atoms with van der Waals surface area (Å²) in [6.07, 6.45) is 11.5. The molecule has 0 atom stereocenters. The van der Waals surface area contributed by atoms with E-state index in [4.69, 9.17) is 0 Å². The van der Waals surface area contributed by atoms with Gasteiger partial charge in [0.15, 0.2) is 0 Å². The highest BCUT2D eigenvalue weighted by Crippen LogP contribution is 2.37. The van der Waals surface area contributed by atoms with Gasteiger partial charge in [0, 0.05) is 0 Å². The maximum absolute atomic E-state index is 2.45. The Hall–Kier alpha value is 0. The van der Waals surface area contributed by atoms with E-state index >= 15 is 0 Å². The lowest BCUT2D eigenvalue weighted by Crippen LogP contribution is -2.17. The van der Waals surface area contributed by atoms with Crippen molar-refractivity contribution in [1.82, 2.24) is 0 Å². The minimum atomic E-state index is 0.605. The third-order valence-corrected chi connectivity index (χ3v) is 3.91. The molecule has 1 saturated carbocycles. The van der Waals surface area contributed by atoms with Crippen LogP contribution in [-0.2, 0) is 0 Å². The van der Waals surface area contributed by atoms with E-state index in [0.717, 1.165) is 0 Å². The average Bonchev–Trinajstić information content (AvgIpc) is 2.01. The first-order valence-electron chi connectivity index (χ1n) is 6.41. The van der Waals surface area contributed by atoms with Crippen molar-refractivity contribution in [2.75, 3.05) is 0 Å². The molecule has 1 rings (SSSR count). The van der Waals surface area contributed by atoms with Crippen LogP contribution in [0, 0.1) is 10.8 Å².